The molecule has 40 heavy (non-hydrogen) atoms. The summed E-state index contributed by atoms with van der Waals surface area (Å²) >= 11 is 12.6. The quantitative estimate of drug-likeness (QED) is 0.282. The van der Waals surface area contributed by atoms with Crippen molar-refractivity contribution >= 4 is 46.4 Å². The third kappa shape index (κ3) is 5.58. The lowest BCUT2D eigenvalue weighted by Crippen LogP contribution is -2.53. The molecular formula is C29H32Cl2N6O3. The number of carbonyl (C=O) groups is 1. The summed E-state index contributed by atoms with van der Waals surface area (Å²) in [6.45, 7) is 6.23. The Bertz CT molecular complexity index is 1550. The Morgan fingerprint density at radius 3 is 2.50 bits per heavy atom. The second-order valence-corrected chi connectivity index (χ2v) is 10.7. The molecule has 0 aliphatic carbocycles. The van der Waals surface area contributed by atoms with Gasteiger partial charge in [0.15, 0.2) is 0 Å². The average molecular weight is 584 g/mol. The first-order valence-electron chi connectivity index (χ1n) is 12.7. The summed E-state index contributed by atoms with van der Waals surface area (Å²) in [6, 6.07) is 11.2. The van der Waals surface area contributed by atoms with Crippen molar-refractivity contribution in [3.63, 3.8) is 0 Å². The van der Waals surface area contributed by atoms with E-state index in [0.29, 0.717) is 40.0 Å². The summed E-state index contributed by atoms with van der Waals surface area (Å²) in [6.07, 6.45) is 1.55. The zero-order valence-corrected chi connectivity index (χ0v) is 24.4. The van der Waals surface area contributed by atoms with E-state index in [0.717, 1.165) is 16.7 Å². The van der Waals surface area contributed by atoms with Gasteiger partial charge in [-0.05, 0) is 59.9 Å². The minimum atomic E-state index is -0.763. The first kappa shape index (κ1) is 29.2. The van der Waals surface area contributed by atoms with E-state index in [1.54, 1.807) is 26.4 Å². The number of benzene rings is 2. The lowest BCUT2D eigenvalue weighted by atomic mass is 9.87. The van der Waals surface area contributed by atoms with Crippen LogP contribution in [0.2, 0.25) is 10.0 Å². The van der Waals surface area contributed by atoms with Crippen LogP contribution in [0.1, 0.15) is 36.6 Å². The smallest absolute Gasteiger partial charge is 0.328 e. The maximum atomic E-state index is 13.6. The minimum absolute atomic E-state index is 0.0314. The van der Waals surface area contributed by atoms with Crippen molar-refractivity contribution in [2.45, 2.75) is 33.4 Å². The molecule has 1 aliphatic heterocycles. The largest absolute Gasteiger partial charge is 0.495 e. The van der Waals surface area contributed by atoms with E-state index in [-0.39, 0.29) is 22.3 Å². The molecule has 0 saturated carbocycles. The summed E-state index contributed by atoms with van der Waals surface area (Å²) < 4.78 is 6.93. The van der Waals surface area contributed by atoms with E-state index >= 15 is 0 Å². The second kappa shape index (κ2) is 11.8. The van der Waals surface area contributed by atoms with Crippen LogP contribution in [0.25, 0.3) is 0 Å². The Morgan fingerprint density at radius 2 is 1.90 bits per heavy atom. The monoisotopic (exact) mass is 582 g/mol. The van der Waals surface area contributed by atoms with Crippen LogP contribution in [-0.4, -0.2) is 23.5 Å². The van der Waals surface area contributed by atoms with E-state index < -0.39 is 12.1 Å². The number of methoxy groups -OCH3 is 1. The van der Waals surface area contributed by atoms with Crippen LogP contribution >= 0.6 is 23.2 Å². The second-order valence-electron chi connectivity index (χ2n) is 9.89. The summed E-state index contributed by atoms with van der Waals surface area (Å²) in [5, 5.41) is 15.7. The van der Waals surface area contributed by atoms with Crippen LogP contribution in [0.5, 0.6) is 5.75 Å². The number of ether oxygens (including phenoxy) is 1. The molecule has 1 atom stereocenters. The van der Waals surface area contributed by atoms with E-state index in [9.17, 15) is 9.59 Å². The molecule has 1 aromatic heterocycles. The van der Waals surface area contributed by atoms with Crippen LogP contribution in [0.15, 0.2) is 64.7 Å². The maximum Gasteiger partial charge on any atom is 0.328 e. The fraction of sp³-hybridized carbons (Fsp3) is 0.276. The number of amidine groups is 1. The third-order valence-electron chi connectivity index (χ3n) is 6.82. The lowest BCUT2D eigenvalue weighted by Gasteiger charge is -2.40. The number of rotatable bonds is 7. The van der Waals surface area contributed by atoms with Crippen LogP contribution in [0.3, 0.4) is 0 Å². The maximum absolute atomic E-state index is 13.6. The van der Waals surface area contributed by atoms with Gasteiger partial charge in [0.05, 0.1) is 24.5 Å². The standard InChI is InChI=1S/C29H32Cl2N6O3/c1-15(2)25(34-22-11-17(13-32)6-9-23(22)40-5)24-26(20-8-7-18(30)10-16(20)3)37(29(39)35-27(24)33)19-12-21(31)28(38)36(4)14-19/h6-12,14-15,26,34H,13,32H2,1-5H3,(H2,33,35,39)/b25-24-. The number of nitrogens with one attached hydrogen (secondary N) is 3. The van der Waals surface area contributed by atoms with Crippen LogP contribution in [-0.2, 0) is 13.6 Å². The number of aromatic nitrogens is 1. The number of aryl methyl sites for hydroxylation is 2. The molecule has 9 nitrogen and oxygen atoms in total. The number of hydrogen-bond donors (Lipinski definition) is 4. The summed E-state index contributed by atoms with van der Waals surface area (Å²) in [5.41, 5.74) is 10.3. The van der Waals surface area contributed by atoms with Crippen LogP contribution < -0.4 is 31.6 Å². The first-order chi connectivity index (χ1) is 19.0. The van der Waals surface area contributed by atoms with Gasteiger partial charge in [-0.1, -0.05) is 49.2 Å². The van der Waals surface area contributed by atoms with Crippen molar-refractivity contribution in [3.05, 3.63) is 97.0 Å². The van der Waals surface area contributed by atoms with Crippen molar-refractivity contribution in [2.24, 2.45) is 18.7 Å². The summed E-state index contributed by atoms with van der Waals surface area (Å²) in [7, 11) is 3.15. The van der Waals surface area contributed by atoms with E-state index in [4.69, 9.17) is 39.1 Å². The van der Waals surface area contributed by atoms with Crippen LogP contribution in [0.4, 0.5) is 16.2 Å². The normalized spacial score (nSPS) is 16.7. The molecule has 210 valence electrons. The average Bonchev–Trinajstić information content (AvgIpc) is 2.90. The Morgan fingerprint density at radius 1 is 1.18 bits per heavy atom. The summed E-state index contributed by atoms with van der Waals surface area (Å²) in [4.78, 5) is 27.5. The number of allylic oxidation sites excluding steroid dienone is 1. The van der Waals surface area contributed by atoms with Gasteiger partial charge in [0, 0.05) is 36.1 Å². The number of nitrogens with two attached hydrogens (primary N) is 1. The molecule has 5 N–H and O–H groups in total. The van der Waals surface area contributed by atoms with Crippen molar-refractivity contribution in [1.82, 2.24) is 9.88 Å². The highest BCUT2D eigenvalue weighted by Crippen LogP contribution is 2.41. The Balaban J connectivity index is 2.04. The topological polar surface area (TPSA) is 125 Å². The molecule has 2 amide bonds. The van der Waals surface area contributed by atoms with Gasteiger partial charge in [0.1, 0.15) is 16.6 Å². The Labute approximate surface area is 243 Å². The predicted molar refractivity (Wildman–Crippen MR) is 161 cm³/mol. The SMILES string of the molecule is COc1ccc(CN)cc1N/C(=C1\C(=N)NC(=O)N(c2cc(Cl)c(=O)n(C)c2)C1c1ccc(Cl)cc1C)C(C)C. The van der Waals surface area contributed by atoms with E-state index in [2.05, 4.69) is 10.6 Å². The number of halogens is 2. The Hall–Kier alpha value is -3.79. The van der Waals surface area contributed by atoms with Gasteiger partial charge in [-0.25, -0.2) is 4.79 Å². The van der Waals surface area contributed by atoms with Crippen molar-refractivity contribution in [2.75, 3.05) is 17.3 Å². The highest BCUT2D eigenvalue weighted by molar-refractivity contribution is 6.31. The minimum Gasteiger partial charge on any atom is -0.495 e. The van der Waals surface area contributed by atoms with Gasteiger partial charge in [-0.3, -0.25) is 20.4 Å². The molecule has 2 heterocycles. The number of pyridine rings is 1. The molecule has 0 spiro atoms. The number of carbonyl (C=O) groups excluding carboxylic acids is 1. The zero-order chi connectivity index (χ0) is 29.3. The lowest BCUT2D eigenvalue weighted by molar-refractivity contribution is 0.247. The molecule has 0 radical (unpaired) electrons. The molecular weight excluding hydrogens is 551 g/mol. The predicted octanol–water partition coefficient (Wildman–Crippen LogP) is 5.74. The number of urea groups is 1. The highest BCUT2D eigenvalue weighted by atomic mass is 35.5. The highest BCUT2D eigenvalue weighted by Gasteiger charge is 2.40. The molecule has 4 rings (SSSR count). The molecule has 1 saturated heterocycles. The molecule has 1 aliphatic rings. The molecule has 1 unspecified atom stereocenters. The van der Waals surface area contributed by atoms with Gasteiger partial charge in [0.25, 0.3) is 5.56 Å². The van der Waals surface area contributed by atoms with Crippen molar-refractivity contribution in [3.8, 4) is 5.75 Å². The van der Waals surface area contributed by atoms with E-state index in [1.807, 2.05) is 51.1 Å². The third-order valence-corrected chi connectivity index (χ3v) is 7.32. The van der Waals surface area contributed by atoms with Crippen molar-refractivity contribution in [1.29, 1.82) is 5.41 Å². The van der Waals surface area contributed by atoms with E-state index in [1.165, 1.54) is 15.5 Å². The molecule has 1 fully saturated rings. The zero-order valence-electron chi connectivity index (χ0n) is 22.9. The number of amides is 2. The number of nitrogens with zero attached hydrogens (tertiary/aromatic N) is 2. The van der Waals surface area contributed by atoms with Crippen LogP contribution in [0, 0.1) is 18.3 Å². The molecule has 0 bridgehead atoms. The van der Waals surface area contributed by atoms with Gasteiger partial charge in [-0.2, -0.15) is 0 Å². The summed E-state index contributed by atoms with van der Waals surface area (Å²) in [5.74, 6) is 0.433. The van der Waals surface area contributed by atoms with Gasteiger partial charge in [0.2, 0.25) is 0 Å². The van der Waals surface area contributed by atoms with Crippen molar-refractivity contribution < 1.29 is 9.53 Å². The van der Waals surface area contributed by atoms with Gasteiger partial charge >= 0.3 is 6.03 Å². The number of hydrogen-bond acceptors (Lipinski definition) is 6. The number of anilines is 2. The van der Waals surface area contributed by atoms with Gasteiger partial charge in [-0.15, -0.1) is 0 Å². The fourth-order valence-corrected chi connectivity index (χ4v) is 5.31. The molecule has 11 heteroatoms. The molecule has 3 aromatic rings. The Kier molecular flexibility index (Phi) is 8.58. The fourth-order valence-electron chi connectivity index (χ4n) is 4.84. The van der Waals surface area contributed by atoms with Gasteiger partial charge < -0.3 is 20.4 Å². The molecule has 2 aromatic carbocycles. The first-order valence-corrected chi connectivity index (χ1v) is 13.4.